The first kappa shape index (κ1) is 12.0. The van der Waals surface area contributed by atoms with E-state index in [1.165, 1.54) is 4.90 Å². The second kappa shape index (κ2) is 4.08. The van der Waals surface area contributed by atoms with Crippen molar-refractivity contribution < 1.29 is 19.1 Å². The van der Waals surface area contributed by atoms with Crippen LogP contribution in [0.3, 0.4) is 0 Å². The Morgan fingerprint density at radius 1 is 1.59 bits per heavy atom. The molecule has 0 aromatic heterocycles. The summed E-state index contributed by atoms with van der Waals surface area (Å²) >= 11 is 0. The lowest BCUT2D eigenvalue weighted by Gasteiger charge is -2.36. The van der Waals surface area contributed by atoms with Crippen LogP contribution in [0.15, 0.2) is 0 Å². The molecule has 0 bridgehead atoms. The van der Waals surface area contributed by atoms with Crippen LogP contribution in [0.25, 0.3) is 0 Å². The lowest BCUT2D eigenvalue weighted by atomic mass is 9.97. The summed E-state index contributed by atoms with van der Waals surface area (Å²) < 4.78 is 5.10. The Morgan fingerprint density at radius 3 is 2.88 bits per heavy atom. The third-order valence-corrected chi connectivity index (χ3v) is 3.16. The van der Waals surface area contributed by atoms with Gasteiger partial charge in [-0.1, -0.05) is 0 Å². The number of imide groups is 1. The number of hydrogen-bond acceptors (Lipinski definition) is 5. The van der Waals surface area contributed by atoms with Crippen LogP contribution in [0.4, 0.5) is 0 Å². The summed E-state index contributed by atoms with van der Waals surface area (Å²) in [6.45, 7) is 1.99. The minimum absolute atomic E-state index is 0.130. The number of hydrogen-bond donors (Lipinski definition) is 2. The Morgan fingerprint density at radius 2 is 2.29 bits per heavy atom. The minimum atomic E-state index is -1.10. The van der Waals surface area contributed by atoms with Crippen molar-refractivity contribution in [2.45, 2.75) is 24.9 Å². The molecule has 94 valence electrons. The van der Waals surface area contributed by atoms with E-state index >= 15 is 0 Å². The predicted molar refractivity (Wildman–Crippen MR) is 56.7 cm³/mol. The molecule has 2 fully saturated rings. The van der Waals surface area contributed by atoms with Crippen molar-refractivity contribution in [1.29, 1.82) is 0 Å². The summed E-state index contributed by atoms with van der Waals surface area (Å²) in [4.78, 5) is 36.1. The van der Waals surface area contributed by atoms with Crippen molar-refractivity contribution in [3.05, 3.63) is 0 Å². The number of nitrogens with zero attached hydrogens (tertiary/aromatic N) is 1. The van der Waals surface area contributed by atoms with E-state index < -0.39 is 29.3 Å². The highest BCUT2D eigenvalue weighted by Gasteiger charge is 2.45. The van der Waals surface area contributed by atoms with Gasteiger partial charge in [-0.15, -0.1) is 0 Å². The Balaban J connectivity index is 2.17. The first-order valence-corrected chi connectivity index (χ1v) is 5.45. The van der Waals surface area contributed by atoms with Gasteiger partial charge in [-0.25, -0.2) is 0 Å². The zero-order chi connectivity index (χ0) is 12.6. The Labute approximate surface area is 98.3 Å². The van der Waals surface area contributed by atoms with E-state index in [1.54, 1.807) is 6.92 Å². The molecule has 7 heteroatoms. The van der Waals surface area contributed by atoms with E-state index in [-0.39, 0.29) is 13.2 Å². The van der Waals surface area contributed by atoms with Crippen LogP contribution in [0, 0.1) is 0 Å². The third kappa shape index (κ3) is 2.03. The van der Waals surface area contributed by atoms with Crippen LogP contribution in [-0.2, 0) is 19.1 Å². The predicted octanol–water partition coefficient (Wildman–Crippen LogP) is -2.02. The van der Waals surface area contributed by atoms with E-state index in [0.29, 0.717) is 13.0 Å². The molecule has 0 aromatic carbocycles. The molecule has 2 saturated heterocycles. The van der Waals surface area contributed by atoms with Gasteiger partial charge in [-0.05, 0) is 13.3 Å². The molecule has 7 nitrogen and oxygen atoms in total. The van der Waals surface area contributed by atoms with E-state index in [9.17, 15) is 14.4 Å². The number of nitrogens with two attached hydrogens (primary N) is 1. The quantitative estimate of drug-likeness (QED) is 0.516. The van der Waals surface area contributed by atoms with E-state index in [2.05, 4.69) is 5.32 Å². The van der Waals surface area contributed by atoms with Gasteiger partial charge in [0.05, 0.1) is 6.61 Å². The van der Waals surface area contributed by atoms with Gasteiger partial charge in [0.2, 0.25) is 17.7 Å². The van der Waals surface area contributed by atoms with Crippen LogP contribution in [0.1, 0.15) is 13.3 Å². The molecule has 0 radical (unpaired) electrons. The minimum Gasteiger partial charge on any atom is -0.379 e. The molecule has 2 unspecified atom stereocenters. The summed E-state index contributed by atoms with van der Waals surface area (Å²) in [6, 6.07) is -0.679. The van der Waals surface area contributed by atoms with Crippen LogP contribution in [-0.4, -0.2) is 54.0 Å². The van der Waals surface area contributed by atoms with E-state index in [0.717, 1.165) is 0 Å². The number of nitrogens with one attached hydrogen (secondary N) is 1. The average molecular weight is 241 g/mol. The summed E-state index contributed by atoms with van der Waals surface area (Å²) in [5.41, 5.74) is 4.82. The van der Waals surface area contributed by atoms with E-state index in [4.69, 9.17) is 10.5 Å². The lowest BCUT2D eigenvalue weighted by molar-refractivity contribution is -0.152. The number of piperazine rings is 1. The molecule has 3 N–H and O–H groups in total. The number of amides is 3. The highest BCUT2D eigenvalue weighted by atomic mass is 16.5. The van der Waals surface area contributed by atoms with Crippen LogP contribution in [0.2, 0.25) is 0 Å². The summed E-state index contributed by atoms with van der Waals surface area (Å²) in [5, 5.41) is 2.17. The molecule has 0 spiro atoms. The van der Waals surface area contributed by atoms with Crippen molar-refractivity contribution in [2.75, 3.05) is 19.8 Å². The van der Waals surface area contributed by atoms with Gasteiger partial charge in [-0.2, -0.15) is 0 Å². The average Bonchev–Trinajstić information content (AvgIpc) is 2.71. The van der Waals surface area contributed by atoms with Crippen LogP contribution in [0.5, 0.6) is 0 Å². The van der Waals surface area contributed by atoms with Gasteiger partial charge in [0.25, 0.3) is 0 Å². The number of rotatable bonds is 1. The molecule has 0 aromatic rings. The molecule has 3 amide bonds. The van der Waals surface area contributed by atoms with Gasteiger partial charge in [0.1, 0.15) is 18.1 Å². The van der Waals surface area contributed by atoms with Crippen LogP contribution >= 0.6 is 0 Å². The van der Waals surface area contributed by atoms with Gasteiger partial charge in [-0.3, -0.25) is 19.7 Å². The SMILES string of the molecule is CC1C(=O)NC(=O)CN1C(=O)C1(N)CCOC1. The molecule has 2 aliphatic heterocycles. The Bertz CT molecular complexity index is 376. The monoisotopic (exact) mass is 241 g/mol. The number of ether oxygens (including phenoxy) is 1. The first-order chi connectivity index (χ1) is 7.94. The zero-order valence-corrected chi connectivity index (χ0v) is 9.56. The summed E-state index contributed by atoms with van der Waals surface area (Å²) in [7, 11) is 0. The molecular formula is C10H15N3O4. The lowest BCUT2D eigenvalue weighted by Crippen LogP contribution is -2.65. The molecular weight excluding hydrogens is 226 g/mol. The summed E-state index contributed by atoms with van der Waals surface area (Å²) in [5.74, 6) is -1.35. The number of carbonyl (C=O) groups is 3. The largest absolute Gasteiger partial charge is 0.379 e. The molecule has 2 aliphatic rings. The maximum Gasteiger partial charge on any atom is 0.249 e. The molecule has 2 atom stereocenters. The fourth-order valence-corrected chi connectivity index (χ4v) is 2.00. The second-order valence-electron chi connectivity index (χ2n) is 4.48. The summed E-state index contributed by atoms with van der Waals surface area (Å²) in [6.07, 6.45) is 0.408. The first-order valence-electron chi connectivity index (χ1n) is 5.45. The zero-order valence-electron chi connectivity index (χ0n) is 9.56. The Kier molecular flexibility index (Phi) is 2.88. The second-order valence-corrected chi connectivity index (χ2v) is 4.48. The molecule has 0 aliphatic carbocycles. The van der Waals surface area contributed by atoms with Gasteiger partial charge in [0.15, 0.2) is 0 Å². The maximum atomic E-state index is 12.2. The van der Waals surface area contributed by atoms with Gasteiger partial charge in [0, 0.05) is 6.61 Å². The standard InChI is InChI=1S/C10H15N3O4/c1-6-8(15)12-7(14)4-13(6)9(16)10(11)2-3-17-5-10/h6H,2-5,11H2,1H3,(H,12,14,15). The highest BCUT2D eigenvalue weighted by Crippen LogP contribution is 2.20. The van der Waals surface area contributed by atoms with Crippen molar-refractivity contribution in [1.82, 2.24) is 10.2 Å². The normalized spacial score (nSPS) is 33.8. The topological polar surface area (TPSA) is 102 Å². The fourth-order valence-electron chi connectivity index (χ4n) is 2.00. The van der Waals surface area contributed by atoms with Crippen molar-refractivity contribution in [3.8, 4) is 0 Å². The van der Waals surface area contributed by atoms with Crippen molar-refractivity contribution >= 4 is 17.7 Å². The highest BCUT2D eigenvalue weighted by molar-refractivity contribution is 6.05. The van der Waals surface area contributed by atoms with Gasteiger partial charge < -0.3 is 15.4 Å². The smallest absolute Gasteiger partial charge is 0.249 e. The van der Waals surface area contributed by atoms with Gasteiger partial charge >= 0.3 is 0 Å². The van der Waals surface area contributed by atoms with E-state index in [1.807, 2.05) is 0 Å². The van der Waals surface area contributed by atoms with Crippen molar-refractivity contribution in [3.63, 3.8) is 0 Å². The van der Waals surface area contributed by atoms with Crippen LogP contribution < -0.4 is 11.1 Å². The third-order valence-electron chi connectivity index (χ3n) is 3.16. The molecule has 17 heavy (non-hydrogen) atoms. The Hall–Kier alpha value is -1.47. The molecule has 2 rings (SSSR count). The maximum absolute atomic E-state index is 12.2. The fraction of sp³-hybridized carbons (Fsp3) is 0.700. The molecule has 0 saturated carbocycles. The molecule has 2 heterocycles. The van der Waals surface area contributed by atoms with Crippen molar-refractivity contribution in [2.24, 2.45) is 5.73 Å². The number of carbonyl (C=O) groups excluding carboxylic acids is 3.